The summed E-state index contributed by atoms with van der Waals surface area (Å²) in [7, 11) is 0. The second-order valence-electron chi connectivity index (χ2n) is 4.54. The summed E-state index contributed by atoms with van der Waals surface area (Å²) in [5.41, 5.74) is 8.14. The van der Waals surface area contributed by atoms with Crippen molar-refractivity contribution in [1.29, 1.82) is 0 Å². The Hall–Kier alpha value is -1.62. The zero-order chi connectivity index (χ0) is 12.4. The van der Waals surface area contributed by atoms with Gasteiger partial charge in [-0.15, -0.1) is 0 Å². The maximum absolute atomic E-state index is 6.02. The number of hydrogen-bond donors (Lipinski definition) is 1. The lowest BCUT2D eigenvalue weighted by Gasteiger charge is -2.28. The van der Waals surface area contributed by atoms with Crippen LogP contribution in [0.25, 0.3) is 11.1 Å². The Morgan fingerprint density at radius 1 is 1.22 bits per heavy atom. The van der Waals surface area contributed by atoms with Gasteiger partial charge in [-0.1, -0.05) is 6.07 Å². The Morgan fingerprint density at radius 3 is 2.78 bits per heavy atom. The standard InChI is InChI=1S/C13H16N4S/c14-12-11(10-5-4-6-15-9-10)13(18-16-12)17-7-2-1-3-8-17/h4-6,9H,1-3,7-8H2,(H2,14,16). The quantitative estimate of drug-likeness (QED) is 0.902. The van der Waals surface area contributed by atoms with Gasteiger partial charge in [0.1, 0.15) is 10.8 Å². The summed E-state index contributed by atoms with van der Waals surface area (Å²) in [6.07, 6.45) is 7.47. The zero-order valence-corrected chi connectivity index (χ0v) is 11.0. The molecule has 1 saturated heterocycles. The van der Waals surface area contributed by atoms with E-state index >= 15 is 0 Å². The number of nitrogens with zero attached hydrogens (tertiary/aromatic N) is 3. The molecule has 1 aliphatic rings. The van der Waals surface area contributed by atoms with E-state index in [9.17, 15) is 0 Å². The first-order valence-electron chi connectivity index (χ1n) is 6.27. The molecular formula is C13H16N4S. The van der Waals surface area contributed by atoms with E-state index in [1.54, 1.807) is 6.20 Å². The van der Waals surface area contributed by atoms with Crippen LogP contribution >= 0.6 is 11.5 Å². The Balaban J connectivity index is 2.01. The van der Waals surface area contributed by atoms with Crippen LogP contribution in [-0.2, 0) is 0 Å². The highest BCUT2D eigenvalue weighted by atomic mass is 32.1. The molecule has 0 radical (unpaired) electrons. The maximum atomic E-state index is 6.02. The predicted octanol–water partition coefficient (Wildman–Crippen LogP) is 2.78. The molecule has 3 heterocycles. The molecule has 18 heavy (non-hydrogen) atoms. The third-order valence-corrected chi connectivity index (χ3v) is 4.22. The van der Waals surface area contributed by atoms with E-state index in [1.165, 1.54) is 35.8 Å². The molecule has 1 aliphatic heterocycles. The fraction of sp³-hybridized carbons (Fsp3) is 0.385. The van der Waals surface area contributed by atoms with Gasteiger partial charge in [-0.05, 0) is 36.9 Å². The summed E-state index contributed by atoms with van der Waals surface area (Å²) in [4.78, 5) is 6.57. The topological polar surface area (TPSA) is 55.0 Å². The first kappa shape index (κ1) is 11.5. The fourth-order valence-electron chi connectivity index (χ4n) is 2.39. The summed E-state index contributed by atoms with van der Waals surface area (Å²) < 4.78 is 4.32. The summed E-state index contributed by atoms with van der Waals surface area (Å²) in [6, 6.07) is 3.98. The second-order valence-corrected chi connectivity index (χ2v) is 5.29. The van der Waals surface area contributed by atoms with E-state index in [2.05, 4.69) is 14.3 Å². The number of nitrogens with two attached hydrogens (primary N) is 1. The Bertz CT molecular complexity index is 517. The minimum atomic E-state index is 0.619. The summed E-state index contributed by atoms with van der Waals surface area (Å²) in [6.45, 7) is 2.21. The highest BCUT2D eigenvalue weighted by molar-refractivity contribution is 7.11. The van der Waals surface area contributed by atoms with Crippen molar-refractivity contribution in [2.24, 2.45) is 0 Å². The number of anilines is 2. The van der Waals surface area contributed by atoms with E-state index in [-0.39, 0.29) is 0 Å². The zero-order valence-electron chi connectivity index (χ0n) is 10.2. The van der Waals surface area contributed by atoms with Gasteiger partial charge in [0.15, 0.2) is 0 Å². The van der Waals surface area contributed by atoms with Gasteiger partial charge >= 0.3 is 0 Å². The van der Waals surface area contributed by atoms with Crippen LogP contribution in [-0.4, -0.2) is 22.4 Å². The molecule has 3 rings (SSSR count). The monoisotopic (exact) mass is 260 g/mol. The van der Waals surface area contributed by atoms with Gasteiger partial charge in [-0.3, -0.25) is 4.98 Å². The number of rotatable bonds is 2. The minimum absolute atomic E-state index is 0.619. The predicted molar refractivity (Wildman–Crippen MR) is 75.8 cm³/mol. The number of pyridine rings is 1. The largest absolute Gasteiger partial charge is 0.382 e. The summed E-state index contributed by atoms with van der Waals surface area (Å²) in [5, 5.41) is 1.19. The summed E-state index contributed by atoms with van der Waals surface area (Å²) >= 11 is 1.50. The van der Waals surface area contributed by atoms with Gasteiger partial charge in [0.2, 0.25) is 0 Å². The van der Waals surface area contributed by atoms with Gasteiger partial charge < -0.3 is 10.6 Å². The maximum Gasteiger partial charge on any atom is 0.147 e. The van der Waals surface area contributed by atoms with Crippen LogP contribution in [0.5, 0.6) is 0 Å². The molecule has 0 unspecified atom stereocenters. The SMILES string of the molecule is Nc1nsc(N2CCCCC2)c1-c1cccnc1. The molecule has 2 aromatic heterocycles. The van der Waals surface area contributed by atoms with Gasteiger partial charge in [0, 0.05) is 31.0 Å². The van der Waals surface area contributed by atoms with Crippen molar-refractivity contribution in [1.82, 2.24) is 9.36 Å². The van der Waals surface area contributed by atoms with Crippen LogP contribution in [0.4, 0.5) is 10.8 Å². The molecule has 0 saturated carbocycles. The lowest BCUT2D eigenvalue weighted by molar-refractivity contribution is 0.581. The third-order valence-electron chi connectivity index (χ3n) is 3.29. The lowest BCUT2D eigenvalue weighted by atomic mass is 10.1. The fourth-order valence-corrected chi connectivity index (χ4v) is 3.28. The lowest BCUT2D eigenvalue weighted by Crippen LogP contribution is -2.29. The smallest absolute Gasteiger partial charge is 0.147 e. The molecule has 1 fully saturated rings. The number of aromatic nitrogens is 2. The van der Waals surface area contributed by atoms with E-state index in [4.69, 9.17) is 5.73 Å². The highest BCUT2D eigenvalue weighted by Crippen LogP contribution is 2.39. The Kier molecular flexibility index (Phi) is 3.15. The molecular weight excluding hydrogens is 244 g/mol. The van der Waals surface area contributed by atoms with Gasteiger partial charge in [0.25, 0.3) is 0 Å². The molecule has 5 heteroatoms. The van der Waals surface area contributed by atoms with Crippen molar-refractivity contribution in [2.45, 2.75) is 19.3 Å². The van der Waals surface area contributed by atoms with Gasteiger partial charge in [0.05, 0.1) is 5.56 Å². The molecule has 0 aromatic carbocycles. The molecule has 94 valence electrons. The van der Waals surface area contributed by atoms with Crippen LogP contribution in [0.2, 0.25) is 0 Å². The number of hydrogen-bond acceptors (Lipinski definition) is 5. The number of piperidine rings is 1. The van der Waals surface area contributed by atoms with Crippen molar-refractivity contribution in [3.63, 3.8) is 0 Å². The van der Waals surface area contributed by atoms with Crippen molar-refractivity contribution in [3.8, 4) is 11.1 Å². The molecule has 0 spiro atoms. The normalized spacial score (nSPS) is 15.9. The third kappa shape index (κ3) is 2.06. The van der Waals surface area contributed by atoms with Crippen molar-refractivity contribution in [3.05, 3.63) is 24.5 Å². The van der Waals surface area contributed by atoms with Crippen molar-refractivity contribution >= 4 is 22.4 Å². The van der Waals surface area contributed by atoms with Crippen LogP contribution in [0, 0.1) is 0 Å². The average molecular weight is 260 g/mol. The minimum Gasteiger partial charge on any atom is -0.382 e. The highest BCUT2D eigenvalue weighted by Gasteiger charge is 2.20. The first-order chi connectivity index (χ1) is 8.86. The molecule has 0 atom stereocenters. The van der Waals surface area contributed by atoms with E-state index < -0.39 is 0 Å². The summed E-state index contributed by atoms with van der Waals surface area (Å²) in [5.74, 6) is 0.619. The Morgan fingerprint density at radius 2 is 2.06 bits per heavy atom. The molecule has 4 nitrogen and oxygen atoms in total. The molecule has 0 bridgehead atoms. The van der Waals surface area contributed by atoms with Crippen LogP contribution in [0.15, 0.2) is 24.5 Å². The van der Waals surface area contributed by atoms with Gasteiger partial charge in [-0.25, -0.2) is 0 Å². The average Bonchev–Trinajstić information content (AvgIpc) is 2.83. The van der Waals surface area contributed by atoms with Crippen LogP contribution in [0.3, 0.4) is 0 Å². The molecule has 2 N–H and O–H groups in total. The van der Waals surface area contributed by atoms with Crippen LogP contribution in [0.1, 0.15) is 19.3 Å². The molecule has 0 aliphatic carbocycles. The molecule has 0 amide bonds. The number of nitrogen functional groups attached to an aromatic ring is 1. The Labute approximate surface area is 111 Å². The van der Waals surface area contributed by atoms with Gasteiger partial charge in [-0.2, -0.15) is 4.37 Å². The van der Waals surface area contributed by atoms with Crippen molar-refractivity contribution < 1.29 is 0 Å². The van der Waals surface area contributed by atoms with E-state index in [0.29, 0.717) is 5.82 Å². The van der Waals surface area contributed by atoms with E-state index in [0.717, 1.165) is 24.2 Å². The van der Waals surface area contributed by atoms with E-state index in [1.807, 2.05) is 18.3 Å². The molecule has 2 aromatic rings. The van der Waals surface area contributed by atoms with Crippen LogP contribution < -0.4 is 10.6 Å². The second kappa shape index (κ2) is 4.94. The van der Waals surface area contributed by atoms with Crippen molar-refractivity contribution in [2.75, 3.05) is 23.7 Å². The first-order valence-corrected chi connectivity index (χ1v) is 7.04.